The molecule has 0 amide bonds. The molecular weight excluding hydrogens is 208 g/mol. The molecule has 82 valence electrons. The third-order valence-corrected chi connectivity index (χ3v) is 3.36. The van der Waals surface area contributed by atoms with Gasteiger partial charge in [-0.15, -0.1) is 0 Å². The molecule has 1 nitrogen and oxygen atoms in total. The van der Waals surface area contributed by atoms with Crippen molar-refractivity contribution >= 4 is 27.8 Å². The number of aldehydes is 1. The van der Waals surface area contributed by atoms with Crippen molar-refractivity contribution in [3.05, 3.63) is 59.7 Å². The molecule has 17 heavy (non-hydrogen) atoms. The Balaban J connectivity index is 2.68. The van der Waals surface area contributed by atoms with Gasteiger partial charge < -0.3 is 0 Å². The van der Waals surface area contributed by atoms with Crippen LogP contribution in [-0.4, -0.2) is 6.29 Å². The highest BCUT2D eigenvalue weighted by atomic mass is 16.1. The highest BCUT2D eigenvalue weighted by molar-refractivity contribution is 6.14. The number of benzene rings is 3. The van der Waals surface area contributed by atoms with Crippen LogP contribution in [0.2, 0.25) is 0 Å². The Morgan fingerprint density at radius 3 is 1.59 bits per heavy atom. The lowest BCUT2D eigenvalue weighted by atomic mass is 9.93. The number of rotatable bonds is 1. The van der Waals surface area contributed by atoms with Crippen LogP contribution in [0.1, 0.15) is 15.9 Å². The number of aryl methyl sites for hydroxylation is 1. The Morgan fingerprint density at radius 1 is 0.765 bits per heavy atom. The summed E-state index contributed by atoms with van der Waals surface area (Å²) in [5, 5.41) is 4.40. The molecule has 0 aromatic heterocycles. The van der Waals surface area contributed by atoms with Crippen LogP contribution >= 0.6 is 0 Å². The van der Waals surface area contributed by atoms with Gasteiger partial charge in [0.15, 0.2) is 6.29 Å². The zero-order valence-corrected chi connectivity index (χ0v) is 9.60. The first-order chi connectivity index (χ1) is 8.33. The summed E-state index contributed by atoms with van der Waals surface area (Å²) in [4.78, 5) is 11.3. The normalized spacial score (nSPS) is 10.9. The zero-order valence-electron chi connectivity index (χ0n) is 9.60. The van der Waals surface area contributed by atoms with Crippen LogP contribution in [0.25, 0.3) is 21.5 Å². The van der Waals surface area contributed by atoms with Crippen LogP contribution in [-0.2, 0) is 0 Å². The molecule has 0 fully saturated rings. The average molecular weight is 220 g/mol. The Labute approximate surface area is 99.7 Å². The van der Waals surface area contributed by atoms with E-state index in [4.69, 9.17) is 0 Å². The van der Waals surface area contributed by atoms with Gasteiger partial charge in [-0.05, 0) is 34.0 Å². The maximum Gasteiger partial charge on any atom is 0.151 e. The summed E-state index contributed by atoms with van der Waals surface area (Å²) in [6, 6.07) is 16.1. The molecule has 3 rings (SSSR count). The van der Waals surface area contributed by atoms with Crippen molar-refractivity contribution in [1.29, 1.82) is 0 Å². The number of hydrogen-bond donors (Lipinski definition) is 0. The Morgan fingerprint density at radius 2 is 1.18 bits per heavy atom. The average Bonchev–Trinajstić information content (AvgIpc) is 2.40. The third kappa shape index (κ3) is 1.36. The summed E-state index contributed by atoms with van der Waals surface area (Å²) in [5.74, 6) is 0. The fourth-order valence-electron chi connectivity index (χ4n) is 2.51. The van der Waals surface area contributed by atoms with Gasteiger partial charge in [-0.25, -0.2) is 0 Å². The first-order valence-electron chi connectivity index (χ1n) is 5.68. The SMILES string of the molecule is Cc1c2ccccc2c(C=O)c2ccccc12. The number of carbonyl (C=O) groups excluding carboxylic acids is 1. The minimum atomic E-state index is 0.793. The molecule has 1 heteroatoms. The van der Waals surface area contributed by atoms with E-state index in [2.05, 4.69) is 19.1 Å². The molecule has 0 bridgehead atoms. The van der Waals surface area contributed by atoms with E-state index in [0.29, 0.717) is 0 Å². The summed E-state index contributed by atoms with van der Waals surface area (Å²) >= 11 is 0. The van der Waals surface area contributed by atoms with E-state index in [1.807, 2.05) is 36.4 Å². The summed E-state index contributed by atoms with van der Waals surface area (Å²) in [5.41, 5.74) is 2.03. The van der Waals surface area contributed by atoms with E-state index >= 15 is 0 Å². The smallest absolute Gasteiger partial charge is 0.151 e. The second-order valence-corrected chi connectivity index (χ2v) is 4.25. The lowest BCUT2D eigenvalue weighted by molar-refractivity contribution is 0.112. The van der Waals surface area contributed by atoms with Gasteiger partial charge in [0.2, 0.25) is 0 Å². The van der Waals surface area contributed by atoms with Crippen molar-refractivity contribution in [3.8, 4) is 0 Å². The zero-order chi connectivity index (χ0) is 11.8. The van der Waals surface area contributed by atoms with Gasteiger partial charge in [-0.2, -0.15) is 0 Å². The fraction of sp³-hybridized carbons (Fsp3) is 0.0625. The van der Waals surface area contributed by atoms with Gasteiger partial charge in [0.1, 0.15) is 0 Å². The summed E-state index contributed by atoms with van der Waals surface area (Å²) in [6.07, 6.45) is 0.962. The Kier molecular flexibility index (Phi) is 2.19. The molecule has 0 spiro atoms. The molecule has 0 saturated carbocycles. The van der Waals surface area contributed by atoms with Gasteiger partial charge in [-0.1, -0.05) is 48.5 Å². The highest BCUT2D eigenvalue weighted by Gasteiger charge is 2.09. The molecule has 0 unspecified atom stereocenters. The van der Waals surface area contributed by atoms with Gasteiger partial charge in [0.05, 0.1) is 0 Å². The van der Waals surface area contributed by atoms with Gasteiger partial charge in [-0.3, -0.25) is 4.79 Å². The van der Waals surface area contributed by atoms with Crippen LogP contribution in [0.5, 0.6) is 0 Å². The van der Waals surface area contributed by atoms with Crippen molar-refractivity contribution in [2.75, 3.05) is 0 Å². The molecule has 0 saturated heterocycles. The molecule has 0 aliphatic carbocycles. The maximum absolute atomic E-state index is 11.3. The second kappa shape index (κ2) is 3.70. The standard InChI is InChI=1S/C16H12O/c1-11-12-6-2-4-8-14(12)16(10-17)15-9-5-3-7-13(11)15/h2-10H,1H3. The first-order valence-corrected chi connectivity index (χ1v) is 5.68. The van der Waals surface area contributed by atoms with E-state index in [1.54, 1.807) is 0 Å². The van der Waals surface area contributed by atoms with Crippen LogP contribution in [0.15, 0.2) is 48.5 Å². The topological polar surface area (TPSA) is 17.1 Å². The lowest BCUT2D eigenvalue weighted by Gasteiger charge is -2.10. The van der Waals surface area contributed by atoms with E-state index < -0.39 is 0 Å². The first kappa shape index (κ1) is 10.0. The summed E-state index contributed by atoms with van der Waals surface area (Å²) in [6.45, 7) is 2.11. The quantitative estimate of drug-likeness (QED) is 0.445. The molecule has 0 radical (unpaired) electrons. The van der Waals surface area contributed by atoms with Crippen molar-refractivity contribution in [2.24, 2.45) is 0 Å². The van der Waals surface area contributed by atoms with E-state index in [1.165, 1.54) is 5.56 Å². The van der Waals surface area contributed by atoms with Crippen molar-refractivity contribution in [2.45, 2.75) is 6.92 Å². The molecule has 3 aromatic carbocycles. The van der Waals surface area contributed by atoms with Crippen molar-refractivity contribution in [3.63, 3.8) is 0 Å². The number of fused-ring (bicyclic) bond motifs is 2. The molecule has 0 aliphatic rings. The minimum absolute atomic E-state index is 0.793. The number of carbonyl (C=O) groups is 1. The van der Waals surface area contributed by atoms with Crippen molar-refractivity contribution in [1.82, 2.24) is 0 Å². The van der Waals surface area contributed by atoms with Crippen LogP contribution in [0, 0.1) is 6.92 Å². The largest absolute Gasteiger partial charge is 0.298 e. The van der Waals surface area contributed by atoms with Gasteiger partial charge in [0, 0.05) is 5.56 Å². The fourth-order valence-corrected chi connectivity index (χ4v) is 2.51. The van der Waals surface area contributed by atoms with Crippen LogP contribution in [0.4, 0.5) is 0 Å². The highest BCUT2D eigenvalue weighted by Crippen LogP contribution is 2.31. The third-order valence-electron chi connectivity index (χ3n) is 3.36. The van der Waals surface area contributed by atoms with Crippen molar-refractivity contribution < 1.29 is 4.79 Å². The molecule has 0 aliphatic heterocycles. The molecule has 0 atom stereocenters. The minimum Gasteiger partial charge on any atom is -0.298 e. The van der Waals surface area contributed by atoms with Gasteiger partial charge >= 0.3 is 0 Å². The van der Waals surface area contributed by atoms with E-state index in [-0.39, 0.29) is 0 Å². The number of hydrogen-bond acceptors (Lipinski definition) is 1. The Hall–Kier alpha value is -2.15. The monoisotopic (exact) mass is 220 g/mol. The predicted molar refractivity (Wildman–Crippen MR) is 71.6 cm³/mol. The molecule has 0 heterocycles. The van der Waals surface area contributed by atoms with Gasteiger partial charge in [0.25, 0.3) is 0 Å². The van der Waals surface area contributed by atoms with Crippen LogP contribution in [0.3, 0.4) is 0 Å². The van der Waals surface area contributed by atoms with E-state index in [9.17, 15) is 4.79 Å². The van der Waals surface area contributed by atoms with E-state index in [0.717, 1.165) is 33.4 Å². The molecular formula is C16H12O. The maximum atomic E-state index is 11.3. The molecule has 0 N–H and O–H groups in total. The predicted octanol–water partition coefficient (Wildman–Crippen LogP) is 4.11. The summed E-state index contributed by atoms with van der Waals surface area (Å²) < 4.78 is 0. The molecule has 3 aromatic rings. The van der Waals surface area contributed by atoms with Crippen LogP contribution < -0.4 is 0 Å². The summed E-state index contributed by atoms with van der Waals surface area (Å²) in [7, 11) is 0. The lowest BCUT2D eigenvalue weighted by Crippen LogP contribution is -1.90. The second-order valence-electron chi connectivity index (χ2n) is 4.25. The Bertz CT molecular complexity index is 669.